The number of aromatic nitrogens is 2. The second-order valence-corrected chi connectivity index (χ2v) is 4.55. The number of nitrogen functional groups attached to an aromatic ring is 1. The molecule has 0 saturated carbocycles. The number of anilines is 2. The number of nitrogens with zero attached hydrogens (tertiary/aromatic N) is 1. The Labute approximate surface area is 111 Å². The molecule has 0 aliphatic rings. The number of nitrogens with two attached hydrogens (primary N) is 1. The van der Waals surface area contributed by atoms with Crippen LogP contribution in [0.25, 0.3) is 0 Å². The summed E-state index contributed by atoms with van der Waals surface area (Å²) in [5.74, 6) is -0.849. The van der Waals surface area contributed by atoms with Gasteiger partial charge in [0, 0.05) is 5.69 Å². The lowest BCUT2D eigenvalue weighted by atomic mass is 10.2. The van der Waals surface area contributed by atoms with Crippen molar-refractivity contribution in [2.24, 2.45) is 0 Å². The van der Waals surface area contributed by atoms with Gasteiger partial charge in [0.15, 0.2) is 5.69 Å². The quantitative estimate of drug-likeness (QED) is 0.796. The molecule has 4 N–H and O–H groups in total. The van der Waals surface area contributed by atoms with Gasteiger partial charge in [-0.15, -0.1) is 0 Å². The van der Waals surface area contributed by atoms with E-state index in [4.69, 9.17) is 5.73 Å². The molecular formula is C11H10BrFN4O. The predicted molar refractivity (Wildman–Crippen MR) is 69.8 cm³/mol. The maximum atomic E-state index is 13.0. The van der Waals surface area contributed by atoms with Crippen LogP contribution in [0.1, 0.15) is 16.2 Å². The maximum absolute atomic E-state index is 13.0. The lowest BCUT2D eigenvalue weighted by Crippen LogP contribution is -2.14. The molecule has 0 aliphatic heterocycles. The van der Waals surface area contributed by atoms with Crippen LogP contribution in [0.4, 0.5) is 15.8 Å². The molecule has 94 valence electrons. The third-order valence-corrected chi connectivity index (χ3v) is 2.99. The van der Waals surface area contributed by atoms with E-state index < -0.39 is 11.7 Å². The minimum atomic E-state index is -0.449. The normalized spacial score (nSPS) is 10.4. The van der Waals surface area contributed by atoms with Gasteiger partial charge < -0.3 is 11.1 Å². The number of H-pyrrole nitrogens is 1. The third kappa shape index (κ3) is 2.35. The van der Waals surface area contributed by atoms with Crippen LogP contribution in [0.3, 0.4) is 0 Å². The number of carbonyl (C=O) groups is 1. The van der Waals surface area contributed by atoms with Crippen LogP contribution >= 0.6 is 15.9 Å². The number of nitrogens with one attached hydrogen (secondary N) is 2. The van der Waals surface area contributed by atoms with Crippen molar-refractivity contribution in [2.75, 3.05) is 11.1 Å². The Morgan fingerprint density at radius 3 is 2.83 bits per heavy atom. The van der Waals surface area contributed by atoms with Crippen LogP contribution in [0.15, 0.2) is 22.7 Å². The molecule has 1 heterocycles. The molecule has 0 bridgehead atoms. The van der Waals surface area contributed by atoms with Crippen LogP contribution < -0.4 is 11.1 Å². The molecule has 7 heteroatoms. The molecule has 0 saturated heterocycles. The SMILES string of the molecule is Cc1[nH]nc(C(=O)Nc2ccc(F)c(Br)c2)c1N. The van der Waals surface area contributed by atoms with Crippen molar-refractivity contribution >= 4 is 33.2 Å². The Morgan fingerprint density at radius 1 is 1.56 bits per heavy atom. The molecule has 1 aromatic heterocycles. The second-order valence-electron chi connectivity index (χ2n) is 3.69. The molecular weight excluding hydrogens is 303 g/mol. The van der Waals surface area contributed by atoms with Gasteiger partial charge in [-0.3, -0.25) is 9.89 Å². The third-order valence-electron chi connectivity index (χ3n) is 2.39. The molecule has 18 heavy (non-hydrogen) atoms. The van der Waals surface area contributed by atoms with Gasteiger partial charge in [-0.05, 0) is 41.1 Å². The Morgan fingerprint density at radius 2 is 2.28 bits per heavy atom. The number of aryl methyl sites for hydroxylation is 1. The van der Waals surface area contributed by atoms with E-state index in [1.54, 1.807) is 6.92 Å². The molecule has 0 aliphatic carbocycles. The highest BCUT2D eigenvalue weighted by Crippen LogP contribution is 2.21. The fraction of sp³-hybridized carbons (Fsp3) is 0.0909. The Kier molecular flexibility index (Phi) is 3.33. The summed E-state index contributed by atoms with van der Waals surface area (Å²) in [5, 5.41) is 9.00. The van der Waals surface area contributed by atoms with Crippen molar-refractivity contribution in [2.45, 2.75) is 6.92 Å². The number of aromatic amines is 1. The van der Waals surface area contributed by atoms with Crippen LogP contribution in [-0.4, -0.2) is 16.1 Å². The number of hydrogen-bond donors (Lipinski definition) is 3. The topological polar surface area (TPSA) is 83.8 Å². The summed E-state index contributed by atoms with van der Waals surface area (Å²) >= 11 is 3.04. The zero-order chi connectivity index (χ0) is 13.3. The molecule has 1 amide bonds. The summed E-state index contributed by atoms with van der Waals surface area (Å²) in [4.78, 5) is 11.9. The highest BCUT2D eigenvalue weighted by molar-refractivity contribution is 9.10. The first kappa shape index (κ1) is 12.6. The molecule has 0 radical (unpaired) electrons. The van der Waals surface area contributed by atoms with Crippen molar-refractivity contribution in [3.05, 3.63) is 39.9 Å². The smallest absolute Gasteiger partial charge is 0.278 e. The van der Waals surface area contributed by atoms with Gasteiger partial charge in [0.2, 0.25) is 0 Å². The highest BCUT2D eigenvalue weighted by atomic mass is 79.9. The highest BCUT2D eigenvalue weighted by Gasteiger charge is 2.15. The number of hydrogen-bond acceptors (Lipinski definition) is 3. The molecule has 0 fully saturated rings. The van der Waals surface area contributed by atoms with Gasteiger partial charge in [-0.1, -0.05) is 0 Å². The summed E-state index contributed by atoms with van der Waals surface area (Å²) < 4.78 is 13.3. The minimum Gasteiger partial charge on any atom is -0.395 e. The van der Waals surface area contributed by atoms with Crippen molar-refractivity contribution in [1.29, 1.82) is 0 Å². The molecule has 5 nitrogen and oxygen atoms in total. The molecule has 0 unspecified atom stereocenters. The molecule has 0 atom stereocenters. The standard InChI is InChI=1S/C11H10BrFN4O/c1-5-9(14)10(17-16-5)11(18)15-6-2-3-8(13)7(12)4-6/h2-4H,14H2,1H3,(H,15,18)(H,16,17). The van der Waals surface area contributed by atoms with Gasteiger partial charge in [0.05, 0.1) is 15.9 Å². The van der Waals surface area contributed by atoms with Gasteiger partial charge in [-0.25, -0.2) is 4.39 Å². The Hall–Kier alpha value is -1.89. The van der Waals surface area contributed by atoms with Gasteiger partial charge in [0.25, 0.3) is 5.91 Å². The van der Waals surface area contributed by atoms with Crippen molar-refractivity contribution in [3.63, 3.8) is 0 Å². The summed E-state index contributed by atoms with van der Waals surface area (Å²) in [6, 6.07) is 4.16. The number of rotatable bonds is 2. The number of benzene rings is 1. The lowest BCUT2D eigenvalue weighted by molar-refractivity contribution is 0.102. The fourth-order valence-electron chi connectivity index (χ4n) is 1.38. The number of carbonyl (C=O) groups excluding carboxylic acids is 1. The fourth-order valence-corrected chi connectivity index (χ4v) is 1.75. The van der Waals surface area contributed by atoms with Crippen LogP contribution in [0.2, 0.25) is 0 Å². The van der Waals surface area contributed by atoms with E-state index in [9.17, 15) is 9.18 Å². The van der Waals surface area contributed by atoms with Crippen molar-refractivity contribution in [1.82, 2.24) is 10.2 Å². The first-order chi connectivity index (χ1) is 8.49. The summed E-state index contributed by atoms with van der Waals surface area (Å²) in [7, 11) is 0. The maximum Gasteiger partial charge on any atom is 0.278 e. The van der Waals surface area contributed by atoms with Crippen LogP contribution in [0.5, 0.6) is 0 Å². The van der Waals surface area contributed by atoms with Crippen molar-refractivity contribution in [3.8, 4) is 0 Å². The van der Waals surface area contributed by atoms with Gasteiger partial charge in [0.1, 0.15) is 5.82 Å². The van der Waals surface area contributed by atoms with Gasteiger partial charge in [-0.2, -0.15) is 5.10 Å². The van der Waals surface area contributed by atoms with E-state index >= 15 is 0 Å². The average Bonchev–Trinajstić information content (AvgIpc) is 2.65. The van der Waals surface area contributed by atoms with E-state index in [-0.39, 0.29) is 10.2 Å². The summed E-state index contributed by atoms with van der Waals surface area (Å²) in [6.45, 7) is 1.72. The van der Waals surface area contributed by atoms with E-state index in [0.717, 1.165) is 0 Å². The Balaban J connectivity index is 2.21. The van der Waals surface area contributed by atoms with Gasteiger partial charge >= 0.3 is 0 Å². The van der Waals surface area contributed by atoms with E-state index in [1.165, 1.54) is 18.2 Å². The average molecular weight is 313 g/mol. The van der Waals surface area contributed by atoms with E-state index in [0.29, 0.717) is 17.1 Å². The molecule has 2 rings (SSSR count). The number of amides is 1. The zero-order valence-corrected chi connectivity index (χ0v) is 11.0. The van der Waals surface area contributed by atoms with Crippen LogP contribution in [-0.2, 0) is 0 Å². The second kappa shape index (κ2) is 4.77. The van der Waals surface area contributed by atoms with E-state index in [1.807, 2.05) is 0 Å². The first-order valence-electron chi connectivity index (χ1n) is 5.06. The first-order valence-corrected chi connectivity index (χ1v) is 5.85. The van der Waals surface area contributed by atoms with Crippen molar-refractivity contribution < 1.29 is 9.18 Å². The molecule has 0 spiro atoms. The monoisotopic (exact) mass is 312 g/mol. The predicted octanol–water partition coefficient (Wildman–Crippen LogP) is 2.45. The lowest BCUT2D eigenvalue weighted by Gasteiger charge is -2.04. The molecule has 1 aromatic carbocycles. The van der Waals surface area contributed by atoms with Crippen LogP contribution in [0, 0.1) is 12.7 Å². The zero-order valence-electron chi connectivity index (χ0n) is 9.42. The molecule has 2 aromatic rings. The Bertz CT molecular complexity index is 611. The summed E-state index contributed by atoms with van der Waals surface area (Å²) in [6.07, 6.45) is 0. The number of halogens is 2. The minimum absolute atomic E-state index is 0.118. The van der Waals surface area contributed by atoms with E-state index in [2.05, 4.69) is 31.4 Å². The summed E-state index contributed by atoms with van der Waals surface area (Å²) in [5.41, 5.74) is 7.18. The largest absolute Gasteiger partial charge is 0.395 e.